The summed E-state index contributed by atoms with van der Waals surface area (Å²) in [5.74, 6) is -0.532. The van der Waals surface area contributed by atoms with Gasteiger partial charge in [-0.1, -0.05) is 11.6 Å². The van der Waals surface area contributed by atoms with Crippen molar-refractivity contribution in [3.8, 4) is 5.69 Å². The van der Waals surface area contributed by atoms with Crippen LogP contribution in [0, 0.1) is 10.1 Å². The minimum atomic E-state index is -0.563. The average Bonchev–Trinajstić information content (AvgIpc) is 2.88. The van der Waals surface area contributed by atoms with Crippen LogP contribution in [0.3, 0.4) is 0 Å². The van der Waals surface area contributed by atoms with Gasteiger partial charge in [0.25, 0.3) is 5.69 Å². The molecule has 0 aliphatic carbocycles. The molecule has 0 aliphatic rings. The van der Waals surface area contributed by atoms with E-state index in [0.717, 1.165) is 0 Å². The van der Waals surface area contributed by atoms with Crippen molar-refractivity contribution >= 4 is 23.3 Å². The molecule has 0 atom stereocenters. The van der Waals surface area contributed by atoms with Crippen molar-refractivity contribution in [2.24, 2.45) is 0 Å². The van der Waals surface area contributed by atoms with Gasteiger partial charge >= 0.3 is 5.97 Å². The normalized spacial score (nSPS) is 10.3. The second kappa shape index (κ2) is 5.70. The zero-order valence-electron chi connectivity index (χ0n) is 10.4. The van der Waals surface area contributed by atoms with Crippen molar-refractivity contribution in [2.75, 3.05) is 6.61 Å². The van der Waals surface area contributed by atoms with Crippen LogP contribution in [0.15, 0.2) is 30.6 Å². The first-order valence-corrected chi connectivity index (χ1v) is 6.07. The molecular formula is C12H10ClN3O4. The molecule has 1 aromatic carbocycles. The predicted octanol–water partition coefficient (Wildman–Crippen LogP) is 2.61. The van der Waals surface area contributed by atoms with Crippen LogP contribution in [0.25, 0.3) is 5.69 Å². The highest BCUT2D eigenvalue weighted by molar-refractivity contribution is 6.30. The molecule has 7 nitrogen and oxygen atoms in total. The molecular weight excluding hydrogens is 286 g/mol. The van der Waals surface area contributed by atoms with Gasteiger partial charge in [0, 0.05) is 17.3 Å². The topological polar surface area (TPSA) is 87.3 Å². The lowest BCUT2D eigenvalue weighted by molar-refractivity contribution is -0.384. The zero-order chi connectivity index (χ0) is 14.7. The van der Waals surface area contributed by atoms with Crippen LogP contribution in [0.4, 0.5) is 5.69 Å². The summed E-state index contributed by atoms with van der Waals surface area (Å²) in [6, 6.07) is 4.20. The van der Waals surface area contributed by atoms with E-state index in [9.17, 15) is 14.9 Å². The van der Waals surface area contributed by atoms with Gasteiger partial charge in [-0.05, 0) is 19.1 Å². The van der Waals surface area contributed by atoms with Crippen molar-refractivity contribution in [3.05, 3.63) is 51.3 Å². The van der Waals surface area contributed by atoms with E-state index in [4.69, 9.17) is 16.3 Å². The molecule has 0 aliphatic heterocycles. The molecule has 0 amide bonds. The summed E-state index contributed by atoms with van der Waals surface area (Å²) in [5.41, 5.74) is 0.238. The number of carbonyl (C=O) groups is 1. The number of nitro groups is 1. The second-order valence-corrected chi connectivity index (χ2v) is 4.22. The number of halogens is 1. The van der Waals surface area contributed by atoms with Gasteiger partial charge in [-0.25, -0.2) is 9.48 Å². The molecule has 0 N–H and O–H groups in total. The molecule has 0 bridgehead atoms. The number of rotatable bonds is 4. The molecule has 0 fully saturated rings. The van der Waals surface area contributed by atoms with Gasteiger partial charge in [0.05, 0.1) is 23.3 Å². The predicted molar refractivity (Wildman–Crippen MR) is 71.2 cm³/mol. The SMILES string of the molecule is CCOC(=O)c1cnn(-c2ccc(Cl)cc2[N+](=O)[O-])c1. The van der Waals surface area contributed by atoms with Gasteiger partial charge in [-0.15, -0.1) is 0 Å². The van der Waals surface area contributed by atoms with E-state index in [2.05, 4.69) is 5.10 Å². The number of nitrogens with zero attached hydrogens (tertiary/aromatic N) is 3. The number of hydrogen-bond acceptors (Lipinski definition) is 5. The summed E-state index contributed by atoms with van der Waals surface area (Å²) in [6.07, 6.45) is 2.66. The standard InChI is InChI=1S/C12H10ClN3O4/c1-2-20-12(17)8-6-14-15(7-8)10-4-3-9(13)5-11(10)16(18)19/h3-7H,2H2,1H3. The smallest absolute Gasteiger partial charge is 0.341 e. The van der Waals surface area contributed by atoms with Gasteiger partial charge in [-0.2, -0.15) is 5.10 Å². The Kier molecular flexibility index (Phi) is 3.99. The van der Waals surface area contributed by atoms with E-state index >= 15 is 0 Å². The highest BCUT2D eigenvalue weighted by Gasteiger charge is 2.18. The summed E-state index contributed by atoms with van der Waals surface area (Å²) < 4.78 is 6.06. The number of nitro benzene ring substituents is 1. The first kappa shape index (κ1) is 14.0. The molecule has 20 heavy (non-hydrogen) atoms. The molecule has 2 aromatic rings. The van der Waals surface area contributed by atoms with E-state index in [-0.39, 0.29) is 28.6 Å². The number of benzene rings is 1. The number of ether oxygens (including phenoxy) is 1. The molecule has 2 rings (SSSR count). The summed E-state index contributed by atoms with van der Waals surface area (Å²) in [7, 11) is 0. The van der Waals surface area contributed by atoms with Crippen molar-refractivity contribution in [3.63, 3.8) is 0 Å². The van der Waals surface area contributed by atoms with E-state index in [0.29, 0.717) is 0 Å². The molecule has 8 heteroatoms. The minimum Gasteiger partial charge on any atom is -0.462 e. The number of carbonyl (C=O) groups excluding carboxylic acids is 1. The monoisotopic (exact) mass is 295 g/mol. The Morgan fingerprint density at radius 2 is 2.30 bits per heavy atom. The van der Waals surface area contributed by atoms with Crippen molar-refractivity contribution in [1.29, 1.82) is 0 Å². The molecule has 1 aromatic heterocycles. The van der Waals surface area contributed by atoms with Crippen LogP contribution in [0.2, 0.25) is 5.02 Å². The Balaban J connectivity index is 2.42. The van der Waals surface area contributed by atoms with Gasteiger partial charge in [0.15, 0.2) is 0 Å². The Labute approximate surface area is 118 Å². The summed E-state index contributed by atoms with van der Waals surface area (Å²) in [5, 5.41) is 15.2. The lowest BCUT2D eigenvalue weighted by Crippen LogP contribution is -2.03. The highest BCUT2D eigenvalue weighted by Crippen LogP contribution is 2.26. The van der Waals surface area contributed by atoms with Gasteiger partial charge in [0.1, 0.15) is 5.69 Å². The van der Waals surface area contributed by atoms with Crippen molar-refractivity contribution in [1.82, 2.24) is 9.78 Å². The number of hydrogen-bond donors (Lipinski definition) is 0. The van der Waals surface area contributed by atoms with E-state index in [1.807, 2.05) is 0 Å². The fraction of sp³-hybridized carbons (Fsp3) is 0.167. The van der Waals surface area contributed by atoms with Gasteiger partial charge in [-0.3, -0.25) is 10.1 Å². The Morgan fingerprint density at radius 3 is 2.95 bits per heavy atom. The quantitative estimate of drug-likeness (QED) is 0.491. The minimum absolute atomic E-state index is 0.198. The molecule has 1 heterocycles. The maximum atomic E-state index is 11.5. The third kappa shape index (κ3) is 2.77. The van der Waals surface area contributed by atoms with Crippen LogP contribution < -0.4 is 0 Å². The third-order valence-corrected chi connectivity index (χ3v) is 2.71. The highest BCUT2D eigenvalue weighted by atomic mass is 35.5. The van der Waals surface area contributed by atoms with Crippen LogP contribution in [-0.4, -0.2) is 27.3 Å². The van der Waals surface area contributed by atoms with Gasteiger partial charge < -0.3 is 4.74 Å². The van der Waals surface area contributed by atoms with E-state index < -0.39 is 10.9 Å². The van der Waals surface area contributed by atoms with E-state index in [1.54, 1.807) is 6.92 Å². The zero-order valence-corrected chi connectivity index (χ0v) is 11.2. The Bertz CT molecular complexity index is 668. The molecule has 0 saturated heterocycles. The largest absolute Gasteiger partial charge is 0.462 e. The molecule has 0 spiro atoms. The van der Waals surface area contributed by atoms with Crippen molar-refractivity contribution < 1.29 is 14.5 Å². The summed E-state index contributed by atoms with van der Waals surface area (Å²) in [6.45, 7) is 1.93. The molecule has 0 saturated carbocycles. The number of aromatic nitrogens is 2. The second-order valence-electron chi connectivity index (χ2n) is 3.78. The molecule has 0 unspecified atom stereocenters. The molecule has 0 radical (unpaired) electrons. The lowest BCUT2D eigenvalue weighted by Gasteiger charge is -2.03. The first-order chi connectivity index (χ1) is 9.52. The van der Waals surface area contributed by atoms with E-state index in [1.165, 1.54) is 35.3 Å². The summed E-state index contributed by atoms with van der Waals surface area (Å²) in [4.78, 5) is 22.0. The van der Waals surface area contributed by atoms with Crippen LogP contribution in [-0.2, 0) is 4.74 Å². The van der Waals surface area contributed by atoms with Gasteiger partial charge in [0.2, 0.25) is 0 Å². The maximum absolute atomic E-state index is 11.5. The fourth-order valence-electron chi connectivity index (χ4n) is 1.61. The Hall–Kier alpha value is -2.41. The average molecular weight is 296 g/mol. The molecule has 104 valence electrons. The Morgan fingerprint density at radius 1 is 1.55 bits per heavy atom. The van der Waals surface area contributed by atoms with Crippen LogP contribution in [0.5, 0.6) is 0 Å². The first-order valence-electron chi connectivity index (χ1n) is 5.69. The van der Waals surface area contributed by atoms with Crippen LogP contribution >= 0.6 is 11.6 Å². The summed E-state index contributed by atoms with van der Waals surface area (Å²) >= 11 is 5.74. The van der Waals surface area contributed by atoms with Crippen molar-refractivity contribution in [2.45, 2.75) is 6.92 Å². The maximum Gasteiger partial charge on any atom is 0.341 e. The lowest BCUT2D eigenvalue weighted by atomic mass is 10.2. The van der Waals surface area contributed by atoms with Crippen LogP contribution in [0.1, 0.15) is 17.3 Å². The third-order valence-electron chi connectivity index (χ3n) is 2.47. The fourth-order valence-corrected chi connectivity index (χ4v) is 1.78. The number of esters is 1.